The third-order valence-corrected chi connectivity index (χ3v) is 12.2. The molecule has 0 aliphatic heterocycles. The minimum Gasteiger partial charge on any atom is -0.309 e. The van der Waals surface area contributed by atoms with Gasteiger partial charge in [-0.1, -0.05) is 185 Å². The zero-order valence-electron chi connectivity index (χ0n) is 34.7. The first-order valence-electron chi connectivity index (χ1n) is 21.2. The predicted molar refractivity (Wildman–Crippen MR) is 259 cm³/mol. The van der Waals surface area contributed by atoms with Crippen LogP contribution in [0.5, 0.6) is 0 Å². The van der Waals surface area contributed by atoms with Crippen LogP contribution in [0.15, 0.2) is 206 Å². The Hall–Kier alpha value is -7.16. The highest BCUT2D eigenvalue weighted by Gasteiger charge is 2.24. The largest absolute Gasteiger partial charge is 0.309 e. The van der Waals surface area contributed by atoms with Gasteiger partial charge >= 0.3 is 0 Å². The second-order valence-electron chi connectivity index (χ2n) is 16.5. The molecule has 0 saturated heterocycles. The Labute approximate surface area is 354 Å². The first kappa shape index (κ1) is 37.1. The number of hydrogen-bond donors (Lipinski definition) is 0. The molecular weight excluding hydrogens is 725 g/mol. The summed E-state index contributed by atoms with van der Waals surface area (Å²) < 4.78 is 0. The van der Waals surface area contributed by atoms with Gasteiger partial charge in [0.1, 0.15) is 0 Å². The number of nitrogens with zero attached hydrogens (tertiary/aromatic N) is 2. The Kier molecular flexibility index (Phi) is 9.62. The van der Waals surface area contributed by atoms with Gasteiger partial charge in [0.2, 0.25) is 0 Å². The van der Waals surface area contributed by atoms with E-state index >= 15 is 0 Å². The van der Waals surface area contributed by atoms with Gasteiger partial charge in [0.05, 0.1) is 22.7 Å². The SMILES string of the molecule is CC(C)c1ccc(N(c2ccccc2-c2ccccc2)c2ccc3ccc4c(N(c5ccc(C(C)C)cc5)c5ccccc5-c5ccccc5)ccc5ccc2c3c54)cc1. The Morgan fingerprint density at radius 2 is 0.650 bits per heavy atom. The summed E-state index contributed by atoms with van der Waals surface area (Å²) in [5.41, 5.74) is 14.3. The van der Waals surface area contributed by atoms with Gasteiger partial charge in [-0.2, -0.15) is 0 Å². The van der Waals surface area contributed by atoms with E-state index in [1.807, 2.05) is 0 Å². The van der Waals surface area contributed by atoms with Crippen molar-refractivity contribution in [3.63, 3.8) is 0 Å². The van der Waals surface area contributed by atoms with Crippen LogP contribution < -0.4 is 9.80 Å². The molecule has 0 spiro atoms. The van der Waals surface area contributed by atoms with Crippen molar-refractivity contribution in [1.29, 1.82) is 0 Å². The Morgan fingerprint density at radius 3 is 1.03 bits per heavy atom. The van der Waals surface area contributed by atoms with Crippen LogP contribution in [0.1, 0.15) is 50.7 Å². The third kappa shape index (κ3) is 6.55. The lowest BCUT2D eigenvalue weighted by Crippen LogP contribution is -2.13. The fraction of sp³-hybridized carbons (Fsp3) is 0.103. The molecule has 60 heavy (non-hydrogen) atoms. The van der Waals surface area contributed by atoms with Crippen molar-refractivity contribution in [3.8, 4) is 22.3 Å². The van der Waals surface area contributed by atoms with Gasteiger partial charge < -0.3 is 9.80 Å². The number of hydrogen-bond acceptors (Lipinski definition) is 2. The summed E-state index contributed by atoms with van der Waals surface area (Å²) in [7, 11) is 0. The molecule has 10 aromatic carbocycles. The van der Waals surface area contributed by atoms with Crippen LogP contribution in [0.4, 0.5) is 34.1 Å². The maximum absolute atomic E-state index is 2.47. The van der Waals surface area contributed by atoms with E-state index in [1.54, 1.807) is 0 Å². The first-order chi connectivity index (χ1) is 29.4. The lowest BCUT2D eigenvalue weighted by atomic mass is 9.91. The second-order valence-corrected chi connectivity index (χ2v) is 16.5. The topological polar surface area (TPSA) is 6.48 Å². The minimum absolute atomic E-state index is 0.445. The number of anilines is 6. The molecule has 0 bridgehead atoms. The van der Waals surface area contributed by atoms with Crippen LogP contribution in [0.3, 0.4) is 0 Å². The molecule has 10 aromatic rings. The molecule has 0 aromatic heterocycles. The predicted octanol–water partition coefficient (Wildman–Crippen LogP) is 17.1. The maximum Gasteiger partial charge on any atom is 0.0540 e. The van der Waals surface area contributed by atoms with E-state index in [1.165, 1.54) is 65.7 Å². The van der Waals surface area contributed by atoms with Crippen molar-refractivity contribution in [2.75, 3.05) is 9.80 Å². The zero-order chi connectivity index (χ0) is 40.7. The summed E-state index contributed by atoms with van der Waals surface area (Å²) in [6.45, 7) is 9.03. The summed E-state index contributed by atoms with van der Waals surface area (Å²) in [6, 6.07) is 76.1. The van der Waals surface area contributed by atoms with Gasteiger partial charge in [0.25, 0.3) is 0 Å². The van der Waals surface area contributed by atoms with E-state index in [0.717, 1.165) is 34.1 Å². The van der Waals surface area contributed by atoms with Crippen LogP contribution in [0.25, 0.3) is 54.6 Å². The molecule has 0 unspecified atom stereocenters. The van der Waals surface area contributed by atoms with Crippen molar-refractivity contribution in [2.45, 2.75) is 39.5 Å². The van der Waals surface area contributed by atoms with Crippen LogP contribution in [-0.4, -0.2) is 0 Å². The molecule has 0 heterocycles. The average molecular weight is 773 g/mol. The fourth-order valence-corrected chi connectivity index (χ4v) is 9.05. The maximum atomic E-state index is 2.47. The van der Waals surface area contributed by atoms with Gasteiger partial charge in [0.15, 0.2) is 0 Å². The van der Waals surface area contributed by atoms with Gasteiger partial charge in [0, 0.05) is 33.3 Å². The summed E-state index contributed by atoms with van der Waals surface area (Å²) in [5, 5.41) is 7.45. The zero-order valence-corrected chi connectivity index (χ0v) is 34.7. The van der Waals surface area contributed by atoms with Crippen LogP contribution in [0.2, 0.25) is 0 Å². The van der Waals surface area contributed by atoms with Gasteiger partial charge in [-0.3, -0.25) is 0 Å². The Morgan fingerprint density at radius 1 is 0.300 bits per heavy atom. The van der Waals surface area contributed by atoms with Crippen molar-refractivity contribution in [1.82, 2.24) is 0 Å². The van der Waals surface area contributed by atoms with E-state index in [-0.39, 0.29) is 0 Å². The highest BCUT2D eigenvalue weighted by atomic mass is 15.2. The monoisotopic (exact) mass is 772 g/mol. The number of benzene rings is 10. The molecular formula is C58H48N2. The lowest BCUT2D eigenvalue weighted by Gasteiger charge is -2.31. The second kappa shape index (κ2) is 15.5. The van der Waals surface area contributed by atoms with E-state index in [0.29, 0.717) is 11.8 Å². The molecule has 0 atom stereocenters. The summed E-state index contributed by atoms with van der Waals surface area (Å²) in [6.07, 6.45) is 0. The van der Waals surface area contributed by atoms with E-state index in [2.05, 4.69) is 244 Å². The average Bonchev–Trinajstić information content (AvgIpc) is 3.30. The fourth-order valence-electron chi connectivity index (χ4n) is 9.05. The Balaban J connectivity index is 1.23. The summed E-state index contributed by atoms with van der Waals surface area (Å²) in [4.78, 5) is 4.94. The van der Waals surface area contributed by atoms with Crippen molar-refractivity contribution in [3.05, 3.63) is 217 Å². The van der Waals surface area contributed by atoms with Crippen molar-refractivity contribution in [2.24, 2.45) is 0 Å². The van der Waals surface area contributed by atoms with Crippen molar-refractivity contribution < 1.29 is 0 Å². The molecule has 0 aliphatic rings. The molecule has 0 N–H and O–H groups in total. The lowest BCUT2D eigenvalue weighted by molar-refractivity contribution is 0.866. The van der Waals surface area contributed by atoms with Gasteiger partial charge in [-0.25, -0.2) is 0 Å². The van der Waals surface area contributed by atoms with E-state index in [9.17, 15) is 0 Å². The van der Waals surface area contributed by atoms with Gasteiger partial charge in [-0.15, -0.1) is 0 Å². The molecule has 2 heteroatoms. The number of para-hydroxylation sites is 2. The number of rotatable bonds is 10. The quantitative estimate of drug-likeness (QED) is 0.128. The standard InChI is InChI=1S/C58H48N2/c1-39(2)41-23-31-47(32-24-41)59(53-21-13-11-19-49(53)43-15-7-5-8-16-43)55-37-29-45-28-36-52-56(38-30-46-27-35-51(55)57(45)58(46)52)60(48-33-25-42(26-34-48)40(3)4)54-22-14-12-20-50(54)44-17-9-6-10-18-44/h5-40H,1-4H3. The molecule has 0 fully saturated rings. The normalized spacial score (nSPS) is 11.6. The summed E-state index contributed by atoms with van der Waals surface area (Å²) in [5.74, 6) is 0.889. The third-order valence-electron chi connectivity index (χ3n) is 12.2. The highest BCUT2D eigenvalue weighted by Crippen LogP contribution is 2.50. The molecule has 290 valence electrons. The molecule has 0 aliphatic carbocycles. The molecule has 10 rings (SSSR count). The van der Waals surface area contributed by atoms with E-state index < -0.39 is 0 Å². The van der Waals surface area contributed by atoms with Crippen LogP contribution in [-0.2, 0) is 0 Å². The first-order valence-corrected chi connectivity index (χ1v) is 21.2. The van der Waals surface area contributed by atoms with Crippen LogP contribution >= 0.6 is 0 Å². The van der Waals surface area contributed by atoms with Crippen LogP contribution in [0, 0.1) is 0 Å². The smallest absolute Gasteiger partial charge is 0.0540 e. The molecule has 2 nitrogen and oxygen atoms in total. The minimum atomic E-state index is 0.445. The van der Waals surface area contributed by atoms with E-state index in [4.69, 9.17) is 0 Å². The van der Waals surface area contributed by atoms with Gasteiger partial charge in [-0.05, 0) is 104 Å². The highest BCUT2D eigenvalue weighted by molar-refractivity contribution is 6.28. The molecule has 0 amide bonds. The van der Waals surface area contributed by atoms with Crippen molar-refractivity contribution >= 4 is 66.4 Å². The molecule has 0 saturated carbocycles. The summed E-state index contributed by atoms with van der Waals surface area (Å²) >= 11 is 0. The Bertz CT molecular complexity index is 2860. The molecule has 0 radical (unpaired) electrons.